The van der Waals surface area contributed by atoms with Gasteiger partial charge in [-0.15, -0.1) is 0 Å². The quantitative estimate of drug-likeness (QED) is 0.885. The number of aliphatic hydroxyl groups is 1. The molecule has 0 spiro atoms. The van der Waals surface area contributed by atoms with E-state index in [0.717, 1.165) is 17.4 Å². The van der Waals surface area contributed by atoms with Crippen LogP contribution in [0.5, 0.6) is 0 Å². The molecule has 1 aromatic carbocycles. The Bertz CT molecular complexity index is 357. The highest BCUT2D eigenvalue weighted by Gasteiger charge is 2.30. The number of likely N-dealkylation sites (N-methyl/N-ethyl adjacent to an activating group) is 1. The third-order valence-electron chi connectivity index (χ3n) is 3.93. The molecule has 3 atom stereocenters. The lowest BCUT2D eigenvalue weighted by Gasteiger charge is -2.30. The van der Waals surface area contributed by atoms with Crippen molar-refractivity contribution in [2.75, 3.05) is 19.8 Å². The lowest BCUT2D eigenvalue weighted by molar-refractivity contribution is 0.107. The van der Waals surface area contributed by atoms with Crippen molar-refractivity contribution in [3.8, 4) is 0 Å². The molecule has 1 aromatic rings. The monoisotopic (exact) mass is 265 g/mol. The van der Waals surface area contributed by atoms with E-state index in [0.29, 0.717) is 6.04 Å². The molecule has 100 valence electrons. The highest BCUT2D eigenvalue weighted by molar-refractivity contribution is 7.99. The molecule has 1 aliphatic carbocycles. The lowest BCUT2D eigenvalue weighted by Crippen LogP contribution is -2.38. The van der Waals surface area contributed by atoms with Crippen LogP contribution in [0.4, 0.5) is 0 Å². The Balaban J connectivity index is 1.93. The number of hydrogen-bond acceptors (Lipinski definition) is 3. The molecule has 0 heterocycles. The first-order chi connectivity index (χ1) is 8.72. The van der Waals surface area contributed by atoms with Gasteiger partial charge in [0, 0.05) is 17.8 Å². The van der Waals surface area contributed by atoms with Crippen LogP contribution in [0.2, 0.25) is 0 Å². The molecule has 0 aromatic heterocycles. The summed E-state index contributed by atoms with van der Waals surface area (Å²) in [6.07, 6.45) is 5.73. The second-order valence-electron chi connectivity index (χ2n) is 5.14. The van der Waals surface area contributed by atoms with Gasteiger partial charge in [0.25, 0.3) is 0 Å². The molecule has 18 heavy (non-hydrogen) atoms. The summed E-state index contributed by atoms with van der Waals surface area (Å²) in [5.41, 5.74) is 1.02. The summed E-state index contributed by atoms with van der Waals surface area (Å²) in [4.78, 5) is 2.34. The Labute approximate surface area is 114 Å². The third kappa shape index (κ3) is 3.28. The average Bonchev–Trinajstić information content (AvgIpc) is 2.88. The van der Waals surface area contributed by atoms with Crippen molar-refractivity contribution in [1.82, 2.24) is 4.90 Å². The summed E-state index contributed by atoms with van der Waals surface area (Å²) in [5, 5.41) is 11.0. The minimum atomic E-state index is -0.376. The standard InChI is InChI=1S/C15H23NOS/c1-16(13-9-6-10-15(13)18-2)11-14(17)12-7-4-3-5-8-12/h3-5,7-8,13-15,17H,6,9-11H2,1-2H3. The van der Waals surface area contributed by atoms with Gasteiger partial charge in [0.05, 0.1) is 6.10 Å². The molecule has 3 heteroatoms. The van der Waals surface area contributed by atoms with Crippen LogP contribution in [0.25, 0.3) is 0 Å². The van der Waals surface area contributed by atoms with Gasteiger partial charge in [-0.2, -0.15) is 11.8 Å². The third-order valence-corrected chi connectivity index (χ3v) is 5.09. The van der Waals surface area contributed by atoms with E-state index < -0.39 is 0 Å². The Morgan fingerprint density at radius 1 is 1.33 bits per heavy atom. The summed E-state index contributed by atoms with van der Waals surface area (Å²) in [7, 11) is 2.14. The van der Waals surface area contributed by atoms with Crippen LogP contribution in [0, 0.1) is 0 Å². The van der Waals surface area contributed by atoms with Crippen molar-refractivity contribution in [3.63, 3.8) is 0 Å². The molecule has 3 unspecified atom stereocenters. The van der Waals surface area contributed by atoms with Crippen LogP contribution < -0.4 is 0 Å². The van der Waals surface area contributed by atoms with Crippen LogP contribution in [-0.4, -0.2) is 41.1 Å². The van der Waals surface area contributed by atoms with E-state index in [1.54, 1.807) is 0 Å². The smallest absolute Gasteiger partial charge is 0.0916 e. The topological polar surface area (TPSA) is 23.5 Å². The fourth-order valence-corrected chi connectivity index (χ4v) is 3.93. The lowest BCUT2D eigenvalue weighted by atomic mass is 10.1. The maximum Gasteiger partial charge on any atom is 0.0916 e. The van der Waals surface area contributed by atoms with Gasteiger partial charge in [-0.1, -0.05) is 36.8 Å². The van der Waals surface area contributed by atoms with Crippen LogP contribution in [0.3, 0.4) is 0 Å². The summed E-state index contributed by atoms with van der Waals surface area (Å²) in [6.45, 7) is 0.728. The zero-order valence-corrected chi connectivity index (χ0v) is 12.1. The molecule has 2 nitrogen and oxygen atoms in total. The van der Waals surface area contributed by atoms with Crippen LogP contribution >= 0.6 is 11.8 Å². The minimum absolute atomic E-state index is 0.376. The number of hydrogen-bond donors (Lipinski definition) is 1. The van der Waals surface area contributed by atoms with E-state index in [2.05, 4.69) is 18.2 Å². The number of benzene rings is 1. The Morgan fingerprint density at radius 2 is 2.06 bits per heavy atom. The van der Waals surface area contributed by atoms with Gasteiger partial charge in [-0.05, 0) is 31.7 Å². The second kappa shape index (κ2) is 6.60. The first-order valence-corrected chi connectivity index (χ1v) is 7.97. The van der Waals surface area contributed by atoms with Gasteiger partial charge >= 0.3 is 0 Å². The maximum atomic E-state index is 10.3. The summed E-state index contributed by atoms with van der Waals surface area (Å²) < 4.78 is 0. The maximum absolute atomic E-state index is 10.3. The molecule has 1 aliphatic rings. The molecule has 0 bridgehead atoms. The minimum Gasteiger partial charge on any atom is -0.387 e. The zero-order valence-electron chi connectivity index (χ0n) is 11.2. The second-order valence-corrected chi connectivity index (χ2v) is 6.22. The molecule has 2 rings (SSSR count). The summed E-state index contributed by atoms with van der Waals surface area (Å²) in [5.74, 6) is 0. The van der Waals surface area contributed by atoms with Gasteiger partial charge in [0.2, 0.25) is 0 Å². The highest BCUT2D eigenvalue weighted by atomic mass is 32.2. The van der Waals surface area contributed by atoms with E-state index in [-0.39, 0.29) is 6.10 Å². The van der Waals surface area contributed by atoms with Crippen LogP contribution in [0.15, 0.2) is 30.3 Å². The molecule has 1 N–H and O–H groups in total. The van der Waals surface area contributed by atoms with Gasteiger partial charge in [-0.3, -0.25) is 4.90 Å². The summed E-state index contributed by atoms with van der Waals surface area (Å²) in [6, 6.07) is 10.6. The average molecular weight is 265 g/mol. The Morgan fingerprint density at radius 3 is 2.72 bits per heavy atom. The van der Waals surface area contributed by atoms with Crippen molar-refractivity contribution in [1.29, 1.82) is 0 Å². The van der Waals surface area contributed by atoms with Gasteiger partial charge in [-0.25, -0.2) is 0 Å². The van der Waals surface area contributed by atoms with E-state index in [1.807, 2.05) is 42.1 Å². The molecule has 0 aliphatic heterocycles. The number of thioether (sulfide) groups is 1. The fraction of sp³-hybridized carbons (Fsp3) is 0.600. The molecule has 0 radical (unpaired) electrons. The van der Waals surface area contributed by atoms with Crippen molar-refractivity contribution < 1.29 is 5.11 Å². The van der Waals surface area contributed by atoms with Crippen LogP contribution in [-0.2, 0) is 0 Å². The first kappa shape index (κ1) is 13.9. The molecule has 0 amide bonds. The van der Waals surface area contributed by atoms with Gasteiger partial charge < -0.3 is 5.11 Å². The SMILES string of the molecule is CSC1CCCC1N(C)CC(O)c1ccccc1. The molecule has 0 saturated heterocycles. The van der Waals surface area contributed by atoms with E-state index in [1.165, 1.54) is 19.3 Å². The molecule has 1 fully saturated rings. The Kier molecular flexibility index (Phi) is 5.10. The molecular formula is C15H23NOS. The van der Waals surface area contributed by atoms with E-state index in [4.69, 9.17) is 0 Å². The Hall–Kier alpha value is -0.510. The number of nitrogens with zero attached hydrogens (tertiary/aromatic N) is 1. The first-order valence-electron chi connectivity index (χ1n) is 6.68. The van der Waals surface area contributed by atoms with Crippen molar-refractivity contribution in [2.45, 2.75) is 36.7 Å². The van der Waals surface area contributed by atoms with Crippen molar-refractivity contribution in [2.24, 2.45) is 0 Å². The number of rotatable bonds is 5. The zero-order chi connectivity index (χ0) is 13.0. The van der Waals surface area contributed by atoms with Gasteiger partial charge in [0.1, 0.15) is 0 Å². The van der Waals surface area contributed by atoms with E-state index >= 15 is 0 Å². The van der Waals surface area contributed by atoms with Crippen molar-refractivity contribution >= 4 is 11.8 Å². The van der Waals surface area contributed by atoms with Gasteiger partial charge in [0.15, 0.2) is 0 Å². The van der Waals surface area contributed by atoms with Crippen LogP contribution in [0.1, 0.15) is 30.9 Å². The predicted octanol–water partition coefficient (Wildman–Crippen LogP) is 2.94. The van der Waals surface area contributed by atoms with Crippen molar-refractivity contribution in [3.05, 3.63) is 35.9 Å². The highest BCUT2D eigenvalue weighted by Crippen LogP contribution is 2.32. The number of aliphatic hydroxyl groups excluding tert-OH is 1. The normalized spacial score (nSPS) is 25.6. The largest absolute Gasteiger partial charge is 0.387 e. The molecule has 1 saturated carbocycles. The summed E-state index contributed by atoms with van der Waals surface area (Å²) >= 11 is 1.97. The van der Waals surface area contributed by atoms with E-state index in [9.17, 15) is 5.11 Å². The predicted molar refractivity (Wildman–Crippen MR) is 79.0 cm³/mol. The molecular weight excluding hydrogens is 242 g/mol. The fourth-order valence-electron chi connectivity index (χ4n) is 2.87.